The number of nitrogens with zero attached hydrogens (tertiary/aromatic N) is 2. The van der Waals surface area contributed by atoms with Crippen LogP contribution in [0.1, 0.15) is 31.0 Å². The van der Waals surface area contributed by atoms with Crippen LogP contribution in [0, 0.1) is 0 Å². The third kappa shape index (κ3) is 2.35. The Bertz CT molecular complexity index is 349. The topological polar surface area (TPSA) is 42.1 Å². The molecule has 1 aliphatic carbocycles. The number of aromatic nitrogens is 1. The Morgan fingerprint density at radius 3 is 3.00 bits per heavy atom. The Hall–Kier alpha value is -1.09. The summed E-state index contributed by atoms with van der Waals surface area (Å²) in [5, 5.41) is 0. The maximum atomic E-state index is 5.55. The molecular weight excluding hydrogens is 198 g/mol. The largest absolute Gasteiger partial charge is 0.357 e. The van der Waals surface area contributed by atoms with Crippen molar-refractivity contribution in [2.45, 2.75) is 32.6 Å². The van der Waals surface area contributed by atoms with Gasteiger partial charge >= 0.3 is 0 Å². The second-order valence-electron chi connectivity index (χ2n) is 4.35. The van der Waals surface area contributed by atoms with E-state index in [4.69, 9.17) is 10.7 Å². The number of aryl methyl sites for hydroxylation is 2. The number of hydrogen-bond donors (Lipinski definition) is 1. The summed E-state index contributed by atoms with van der Waals surface area (Å²) in [6.45, 7) is 4.94. The van der Waals surface area contributed by atoms with Gasteiger partial charge in [0.05, 0.1) is 0 Å². The van der Waals surface area contributed by atoms with Gasteiger partial charge in [-0.15, -0.1) is 0 Å². The number of anilines is 1. The normalized spacial score (nSPS) is 13.9. The summed E-state index contributed by atoms with van der Waals surface area (Å²) in [5.74, 6) is 1.12. The van der Waals surface area contributed by atoms with Crippen molar-refractivity contribution >= 4 is 5.82 Å². The first kappa shape index (κ1) is 11.4. The molecule has 0 aromatic carbocycles. The lowest BCUT2D eigenvalue weighted by molar-refractivity contribution is 0.742. The number of rotatable bonds is 5. The average molecular weight is 219 g/mol. The van der Waals surface area contributed by atoms with Gasteiger partial charge in [-0.3, -0.25) is 0 Å². The van der Waals surface area contributed by atoms with Crippen LogP contribution in [0.4, 0.5) is 5.82 Å². The molecule has 0 bridgehead atoms. The number of hydrogen-bond acceptors (Lipinski definition) is 3. The molecule has 0 spiro atoms. The summed E-state index contributed by atoms with van der Waals surface area (Å²) < 4.78 is 0. The lowest BCUT2D eigenvalue weighted by Gasteiger charge is -2.22. The van der Waals surface area contributed by atoms with Gasteiger partial charge in [-0.25, -0.2) is 4.98 Å². The minimum absolute atomic E-state index is 0.751. The number of fused-ring (bicyclic) bond motifs is 1. The van der Waals surface area contributed by atoms with Gasteiger partial charge in [-0.1, -0.05) is 6.07 Å². The van der Waals surface area contributed by atoms with Crippen molar-refractivity contribution < 1.29 is 0 Å². The quantitative estimate of drug-likeness (QED) is 0.820. The van der Waals surface area contributed by atoms with Gasteiger partial charge in [0.2, 0.25) is 0 Å². The molecule has 0 aliphatic heterocycles. The molecule has 2 N–H and O–H groups in total. The third-order valence-electron chi connectivity index (χ3n) is 3.25. The van der Waals surface area contributed by atoms with Crippen molar-refractivity contribution in [3.8, 4) is 0 Å². The van der Waals surface area contributed by atoms with Gasteiger partial charge in [0.1, 0.15) is 5.82 Å². The molecule has 1 aromatic rings. The first-order valence-corrected chi connectivity index (χ1v) is 6.29. The van der Waals surface area contributed by atoms with E-state index in [1.165, 1.54) is 24.1 Å². The molecule has 0 amide bonds. The fourth-order valence-corrected chi connectivity index (χ4v) is 2.30. The van der Waals surface area contributed by atoms with E-state index in [2.05, 4.69) is 24.0 Å². The third-order valence-corrected chi connectivity index (χ3v) is 3.25. The van der Waals surface area contributed by atoms with E-state index < -0.39 is 0 Å². The molecule has 2 rings (SSSR count). The molecule has 0 atom stereocenters. The van der Waals surface area contributed by atoms with Crippen LogP contribution in [0.15, 0.2) is 12.1 Å². The zero-order valence-electron chi connectivity index (χ0n) is 10.1. The van der Waals surface area contributed by atoms with Crippen molar-refractivity contribution in [3.05, 3.63) is 23.4 Å². The molecule has 3 nitrogen and oxygen atoms in total. The highest BCUT2D eigenvalue weighted by Crippen LogP contribution is 2.23. The Morgan fingerprint density at radius 1 is 1.38 bits per heavy atom. The van der Waals surface area contributed by atoms with Crippen molar-refractivity contribution in [3.63, 3.8) is 0 Å². The van der Waals surface area contributed by atoms with Gasteiger partial charge in [0.25, 0.3) is 0 Å². The predicted molar refractivity (Wildman–Crippen MR) is 67.8 cm³/mol. The summed E-state index contributed by atoms with van der Waals surface area (Å²) in [7, 11) is 0. The Kier molecular flexibility index (Phi) is 3.78. The van der Waals surface area contributed by atoms with Crippen molar-refractivity contribution in [1.82, 2.24) is 4.98 Å². The molecule has 16 heavy (non-hydrogen) atoms. The summed E-state index contributed by atoms with van der Waals surface area (Å²) in [6.07, 6.45) is 4.66. The molecule has 0 saturated heterocycles. The van der Waals surface area contributed by atoms with Gasteiger partial charge in [-0.05, 0) is 50.8 Å². The van der Waals surface area contributed by atoms with Crippen LogP contribution in [0.25, 0.3) is 0 Å². The van der Waals surface area contributed by atoms with E-state index in [1.54, 1.807) is 0 Å². The van der Waals surface area contributed by atoms with Crippen LogP contribution in [-0.4, -0.2) is 24.6 Å². The summed E-state index contributed by atoms with van der Waals surface area (Å²) >= 11 is 0. The van der Waals surface area contributed by atoms with Gasteiger partial charge in [0, 0.05) is 18.8 Å². The highest BCUT2D eigenvalue weighted by molar-refractivity contribution is 5.42. The zero-order valence-corrected chi connectivity index (χ0v) is 10.1. The van der Waals surface area contributed by atoms with E-state index in [1.807, 2.05) is 0 Å². The maximum Gasteiger partial charge on any atom is 0.128 e. The Balaban J connectivity index is 2.12. The fourth-order valence-electron chi connectivity index (χ4n) is 2.30. The highest BCUT2D eigenvalue weighted by Gasteiger charge is 2.14. The van der Waals surface area contributed by atoms with Crippen LogP contribution in [0.2, 0.25) is 0 Å². The SMILES string of the molecule is CCN(CCCN)c1ccc2c(n1)CCC2. The Morgan fingerprint density at radius 2 is 2.25 bits per heavy atom. The standard InChI is InChI=1S/C13H21N3/c1-2-16(10-4-9-14)13-8-7-11-5-3-6-12(11)15-13/h7-8H,2-6,9-10,14H2,1H3. The summed E-state index contributed by atoms with van der Waals surface area (Å²) in [4.78, 5) is 7.07. The van der Waals surface area contributed by atoms with E-state index in [-0.39, 0.29) is 0 Å². The monoisotopic (exact) mass is 219 g/mol. The van der Waals surface area contributed by atoms with Gasteiger partial charge in [0.15, 0.2) is 0 Å². The van der Waals surface area contributed by atoms with E-state index >= 15 is 0 Å². The van der Waals surface area contributed by atoms with Gasteiger partial charge < -0.3 is 10.6 Å². The van der Waals surface area contributed by atoms with Crippen molar-refractivity contribution in [2.75, 3.05) is 24.5 Å². The highest BCUT2D eigenvalue weighted by atomic mass is 15.2. The first-order valence-electron chi connectivity index (χ1n) is 6.29. The Labute approximate surface area is 97.7 Å². The molecule has 0 saturated carbocycles. The van der Waals surface area contributed by atoms with E-state index in [0.717, 1.165) is 38.3 Å². The minimum atomic E-state index is 0.751. The average Bonchev–Trinajstić information content (AvgIpc) is 2.77. The molecule has 0 radical (unpaired) electrons. The fraction of sp³-hybridized carbons (Fsp3) is 0.615. The lowest BCUT2D eigenvalue weighted by atomic mass is 10.2. The smallest absolute Gasteiger partial charge is 0.128 e. The first-order chi connectivity index (χ1) is 7.85. The lowest BCUT2D eigenvalue weighted by Crippen LogP contribution is -2.26. The molecule has 3 heteroatoms. The second kappa shape index (κ2) is 5.30. The molecular formula is C13H21N3. The van der Waals surface area contributed by atoms with Crippen LogP contribution >= 0.6 is 0 Å². The predicted octanol–water partition coefficient (Wildman–Crippen LogP) is 1.75. The summed E-state index contributed by atoms with van der Waals surface area (Å²) in [6, 6.07) is 4.40. The zero-order chi connectivity index (χ0) is 11.4. The van der Waals surface area contributed by atoms with Crippen LogP contribution in [0.3, 0.4) is 0 Å². The van der Waals surface area contributed by atoms with Crippen LogP contribution < -0.4 is 10.6 Å². The number of pyridine rings is 1. The van der Waals surface area contributed by atoms with Crippen LogP contribution in [-0.2, 0) is 12.8 Å². The molecule has 88 valence electrons. The maximum absolute atomic E-state index is 5.55. The molecule has 1 aliphatic rings. The van der Waals surface area contributed by atoms with Crippen LogP contribution in [0.5, 0.6) is 0 Å². The molecule has 0 unspecified atom stereocenters. The molecule has 1 heterocycles. The van der Waals surface area contributed by atoms with Crippen molar-refractivity contribution in [1.29, 1.82) is 0 Å². The van der Waals surface area contributed by atoms with E-state index in [0.29, 0.717) is 0 Å². The van der Waals surface area contributed by atoms with Crippen molar-refractivity contribution in [2.24, 2.45) is 5.73 Å². The summed E-state index contributed by atoms with van der Waals surface area (Å²) in [5.41, 5.74) is 8.30. The van der Waals surface area contributed by atoms with Gasteiger partial charge in [-0.2, -0.15) is 0 Å². The van der Waals surface area contributed by atoms with E-state index in [9.17, 15) is 0 Å². The number of nitrogens with two attached hydrogens (primary N) is 1. The molecule has 0 fully saturated rings. The second-order valence-corrected chi connectivity index (χ2v) is 4.35. The minimum Gasteiger partial charge on any atom is -0.357 e. The molecule has 1 aromatic heterocycles.